The molecule has 1 aliphatic rings. The highest BCUT2D eigenvalue weighted by Gasteiger charge is 2.25. The lowest BCUT2D eigenvalue weighted by atomic mass is 10.1. The lowest BCUT2D eigenvalue weighted by Crippen LogP contribution is -2.52. The van der Waals surface area contributed by atoms with Crippen LogP contribution < -0.4 is 14.8 Å². The lowest BCUT2D eigenvalue weighted by molar-refractivity contribution is -0.131. The molecule has 2 aromatic rings. The van der Waals surface area contributed by atoms with Crippen LogP contribution in [-0.2, 0) is 4.79 Å². The maximum absolute atomic E-state index is 12.6. The van der Waals surface area contributed by atoms with E-state index in [0.717, 1.165) is 0 Å². The summed E-state index contributed by atoms with van der Waals surface area (Å²) in [6.45, 7) is 4.12. The van der Waals surface area contributed by atoms with Gasteiger partial charge in [-0.2, -0.15) is 0 Å². The average Bonchev–Trinajstić information content (AvgIpc) is 2.82. The summed E-state index contributed by atoms with van der Waals surface area (Å²) < 4.78 is 10.5. The summed E-state index contributed by atoms with van der Waals surface area (Å²) in [5.74, 6) is 0.829. The van der Waals surface area contributed by atoms with Gasteiger partial charge in [-0.25, -0.2) is 0 Å². The van der Waals surface area contributed by atoms with Crippen LogP contribution in [0.2, 0.25) is 0 Å². The van der Waals surface area contributed by atoms with Gasteiger partial charge in [0.2, 0.25) is 5.91 Å². The second-order valence-corrected chi connectivity index (χ2v) is 7.04. The Hall–Kier alpha value is -3.55. The first-order valence-corrected chi connectivity index (χ1v) is 10.2. The Morgan fingerprint density at radius 1 is 0.839 bits per heavy atom. The van der Waals surface area contributed by atoms with E-state index in [1.807, 2.05) is 6.92 Å². The Balaban J connectivity index is 1.45. The number of amides is 3. The number of carbonyl (C=O) groups excluding carboxylic acids is 3. The van der Waals surface area contributed by atoms with E-state index < -0.39 is 0 Å². The molecule has 8 heteroatoms. The van der Waals surface area contributed by atoms with E-state index in [9.17, 15) is 14.4 Å². The number of methoxy groups -OCH3 is 1. The van der Waals surface area contributed by atoms with Crippen molar-refractivity contribution in [1.82, 2.24) is 15.1 Å². The first-order valence-electron chi connectivity index (χ1n) is 10.2. The topological polar surface area (TPSA) is 88.2 Å². The number of nitrogens with zero attached hydrogens (tertiary/aromatic N) is 2. The molecule has 3 amide bonds. The van der Waals surface area contributed by atoms with Gasteiger partial charge in [-0.1, -0.05) is 0 Å². The summed E-state index contributed by atoms with van der Waals surface area (Å²) in [7, 11) is 1.58. The van der Waals surface area contributed by atoms with Crippen LogP contribution in [0.5, 0.6) is 11.5 Å². The van der Waals surface area contributed by atoms with Gasteiger partial charge in [-0.3, -0.25) is 14.4 Å². The Bertz CT molecular complexity index is 904. The van der Waals surface area contributed by atoms with Crippen molar-refractivity contribution in [2.75, 3.05) is 46.4 Å². The Labute approximate surface area is 181 Å². The van der Waals surface area contributed by atoms with Crippen molar-refractivity contribution in [3.8, 4) is 11.5 Å². The van der Waals surface area contributed by atoms with Crippen LogP contribution in [0.3, 0.4) is 0 Å². The Kier molecular flexibility index (Phi) is 7.48. The molecule has 3 rings (SSSR count). The molecular formula is C23H27N3O5. The molecule has 164 valence electrons. The van der Waals surface area contributed by atoms with Crippen molar-refractivity contribution in [1.29, 1.82) is 0 Å². The van der Waals surface area contributed by atoms with Gasteiger partial charge in [0.25, 0.3) is 11.8 Å². The monoisotopic (exact) mass is 425 g/mol. The van der Waals surface area contributed by atoms with E-state index in [1.54, 1.807) is 65.4 Å². The SMILES string of the molecule is CCOc1ccc(C(=O)NCC(=O)N2CCN(C(=O)c3ccc(OC)cc3)CC2)cc1. The largest absolute Gasteiger partial charge is 0.497 e. The molecular weight excluding hydrogens is 398 g/mol. The number of nitrogens with one attached hydrogen (secondary N) is 1. The normalized spacial score (nSPS) is 13.5. The number of benzene rings is 2. The van der Waals surface area contributed by atoms with Crippen molar-refractivity contribution in [2.24, 2.45) is 0 Å². The van der Waals surface area contributed by atoms with E-state index in [-0.39, 0.29) is 24.3 Å². The van der Waals surface area contributed by atoms with Crippen LogP contribution in [-0.4, -0.2) is 74.0 Å². The molecule has 8 nitrogen and oxygen atoms in total. The highest BCUT2D eigenvalue weighted by molar-refractivity contribution is 5.97. The van der Waals surface area contributed by atoms with Gasteiger partial charge in [0.15, 0.2) is 0 Å². The number of carbonyl (C=O) groups is 3. The van der Waals surface area contributed by atoms with Gasteiger partial charge in [-0.15, -0.1) is 0 Å². The molecule has 0 aliphatic carbocycles. The molecule has 0 spiro atoms. The molecule has 0 aromatic heterocycles. The molecule has 2 aromatic carbocycles. The van der Waals surface area contributed by atoms with Gasteiger partial charge < -0.3 is 24.6 Å². The predicted molar refractivity (Wildman–Crippen MR) is 115 cm³/mol. The van der Waals surface area contributed by atoms with E-state index in [2.05, 4.69) is 5.32 Å². The fourth-order valence-corrected chi connectivity index (χ4v) is 3.31. The molecule has 1 heterocycles. The molecule has 0 unspecified atom stereocenters. The summed E-state index contributed by atoms with van der Waals surface area (Å²) in [6, 6.07) is 13.7. The number of hydrogen-bond acceptors (Lipinski definition) is 5. The van der Waals surface area contributed by atoms with Crippen molar-refractivity contribution in [2.45, 2.75) is 6.92 Å². The van der Waals surface area contributed by atoms with Crippen LogP contribution in [0.4, 0.5) is 0 Å². The van der Waals surface area contributed by atoms with Crippen LogP contribution in [0.25, 0.3) is 0 Å². The fourth-order valence-electron chi connectivity index (χ4n) is 3.31. The molecule has 1 N–H and O–H groups in total. The molecule has 0 radical (unpaired) electrons. The molecule has 0 atom stereocenters. The number of piperazine rings is 1. The van der Waals surface area contributed by atoms with Crippen molar-refractivity contribution >= 4 is 17.7 Å². The van der Waals surface area contributed by atoms with E-state index >= 15 is 0 Å². The summed E-state index contributed by atoms with van der Waals surface area (Å²) in [5.41, 5.74) is 1.05. The second-order valence-electron chi connectivity index (χ2n) is 7.04. The van der Waals surface area contributed by atoms with Gasteiger partial charge in [0, 0.05) is 37.3 Å². The fraction of sp³-hybridized carbons (Fsp3) is 0.348. The summed E-state index contributed by atoms with van der Waals surface area (Å²) in [5, 5.41) is 2.65. The average molecular weight is 425 g/mol. The third kappa shape index (κ3) is 5.75. The van der Waals surface area contributed by atoms with Crippen molar-refractivity contribution < 1.29 is 23.9 Å². The molecule has 1 fully saturated rings. The summed E-state index contributed by atoms with van der Waals surface area (Å²) >= 11 is 0. The van der Waals surface area contributed by atoms with Crippen molar-refractivity contribution in [3.05, 3.63) is 59.7 Å². The molecule has 31 heavy (non-hydrogen) atoms. The van der Waals surface area contributed by atoms with Gasteiger partial charge in [0.1, 0.15) is 11.5 Å². The van der Waals surface area contributed by atoms with E-state index in [4.69, 9.17) is 9.47 Å². The molecule has 0 saturated carbocycles. The quantitative estimate of drug-likeness (QED) is 0.731. The third-order valence-electron chi connectivity index (χ3n) is 5.08. The van der Waals surface area contributed by atoms with Crippen LogP contribution in [0.15, 0.2) is 48.5 Å². The smallest absolute Gasteiger partial charge is 0.253 e. The highest BCUT2D eigenvalue weighted by atomic mass is 16.5. The highest BCUT2D eigenvalue weighted by Crippen LogP contribution is 2.15. The second kappa shape index (κ2) is 10.5. The number of hydrogen-bond donors (Lipinski definition) is 1. The van der Waals surface area contributed by atoms with Crippen LogP contribution in [0, 0.1) is 0 Å². The zero-order chi connectivity index (χ0) is 22.2. The molecule has 0 bridgehead atoms. The minimum absolute atomic E-state index is 0.0708. The third-order valence-corrected chi connectivity index (χ3v) is 5.08. The zero-order valence-electron chi connectivity index (χ0n) is 17.8. The first-order chi connectivity index (χ1) is 15.0. The Morgan fingerprint density at radius 2 is 1.39 bits per heavy atom. The molecule has 1 saturated heterocycles. The minimum Gasteiger partial charge on any atom is -0.497 e. The lowest BCUT2D eigenvalue weighted by Gasteiger charge is -2.34. The maximum Gasteiger partial charge on any atom is 0.253 e. The summed E-state index contributed by atoms with van der Waals surface area (Å²) in [6.07, 6.45) is 0. The number of ether oxygens (including phenoxy) is 2. The first kappa shape index (κ1) is 22.1. The standard InChI is InChI=1S/C23H27N3O5/c1-3-31-20-10-4-17(5-11-20)22(28)24-16-21(27)25-12-14-26(15-13-25)23(29)18-6-8-19(30-2)9-7-18/h4-11H,3,12-16H2,1-2H3,(H,24,28). The van der Waals surface area contributed by atoms with E-state index in [0.29, 0.717) is 55.4 Å². The van der Waals surface area contributed by atoms with Crippen LogP contribution in [0.1, 0.15) is 27.6 Å². The van der Waals surface area contributed by atoms with Gasteiger partial charge in [0.05, 0.1) is 20.3 Å². The molecule has 1 aliphatic heterocycles. The van der Waals surface area contributed by atoms with Crippen LogP contribution >= 0.6 is 0 Å². The number of rotatable bonds is 7. The van der Waals surface area contributed by atoms with Gasteiger partial charge >= 0.3 is 0 Å². The predicted octanol–water partition coefficient (Wildman–Crippen LogP) is 1.81. The van der Waals surface area contributed by atoms with E-state index in [1.165, 1.54) is 0 Å². The minimum atomic E-state index is -0.315. The zero-order valence-corrected chi connectivity index (χ0v) is 17.8. The Morgan fingerprint density at radius 3 is 1.97 bits per heavy atom. The summed E-state index contributed by atoms with van der Waals surface area (Å²) in [4.78, 5) is 40.7. The maximum atomic E-state index is 12.6. The van der Waals surface area contributed by atoms with Gasteiger partial charge in [-0.05, 0) is 55.5 Å². The van der Waals surface area contributed by atoms with Crippen molar-refractivity contribution in [3.63, 3.8) is 0 Å².